The zero-order chi connectivity index (χ0) is 15.1. The molecule has 0 N–H and O–H groups in total. The molecule has 3 rings (SSSR count). The maximum absolute atomic E-state index is 14.2. The van der Waals surface area contributed by atoms with Crippen LogP contribution in [0.3, 0.4) is 0 Å². The van der Waals surface area contributed by atoms with E-state index >= 15 is 0 Å². The lowest BCUT2D eigenvalue weighted by Crippen LogP contribution is -2.36. The van der Waals surface area contributed by atoms with E-state index in [9.17, 15) is 14.0 Å². The Labute approximate surface area is 120 Å². The Morgan fingerprint density at radius 2 is 2.19 bits per heavy atom. The van der Waals surface area contributed by atoms with Crippen molar-refractivity contribution in [3.8, 4) is 0 Å². The predicted octanol–water partition coefficient (Wildman–Crippen LogP) is 1.58. The van der Waals surface area contributed by atoms with Crippen LogP contribution >= 0.6 is 0 Å². The van der Waals surface area contributed by atoms with E-state index in [4.69, 9.17) is 0 Å². The SMILES string of the molecule is COC(=O)Cn1c2c(c3cccc(F)c31)CCN(C)C2=O. The highest BCUT2D eigenvalue weighted by Crippen LogP contribution is 2.32. The van der Waals surface area contributed by atoms with Crippen LogP contribution in [0.2, 0.25) is 0 Å². The second-order valence-electron chi connectivity index (χ2n) is 5.10. The molecule has 1 aromatic heterocycles. The first-order chi connectivity index (χ1) is 10.0. The number of likely N-dealkylation sites (N-methyl/N-ethyl adjacent to an activating group) is 1. The Kier molecular flexibility index (Phi) is 3.16. The number of carbonyl (C=O) groups excluding carboxylic acids is 2. The number of nitrogens with zero attached hydrogens (tertiary/aromatic N) is 2. The molecule has 1 aromatic carbocycles. The maximum Gasteiger partial charge on any atom is 0.325 e. The Morgan fingerprint density at radius 3 is 2.90 bits per heavy atom. The van der Waals surface area contributed by atoms with Gasteiger partial charge in [0, 0.05) is 19.0 Å². The average molecular weight is 290 g/mol. The normalized spacial score (nSPS) is 14.4. The quantitative estimate of drug-likeness (QED) is 0.789. The van der Waals surface area contributed by atoms with Gasteiger partial charge in [0.15, 0.2) is 0 Å². The average Bonchev–Trinajstić information content (AvgIpc) is 2.79. The van der Waals surface area contributed by atoms with Crippen molar-refractivity contribution >= 4 is 22.8 Å². The van der Waals surface area contributed by atoms with E-state index < -0.39 is 11.8 Å². The molecule has 1 amide bonds. The smallest absolute Gasteiger partial charge is 0.325 e. The van der Waals surface area contributed by atoms with Crippen LogP contribution in [0.1, 0.15) is 16.1 Å². The van der Waals surface area contributed by atoms with Crippen LogP contribution in [0.25, 0.3) is 10.9 Å². The standard InChI is InChI=1S/C15H15FN2O3/c1-17-7-6-10-9-4-3-5-11(16)13(9)18(8-12(19)21-2)14(10)15(17)20/h3-5H,6-8H2,1-2H3. The summed E-state index contributed by atoms with van der Waals surface area (Å²) in [5.74, 6) is -1.16. The number of amides is 1. The molecule has 1 aliphatic rings. The Hall–Kier alpha value is -2.37. The number of ether oxygens (including phenoxy) is 1. The van der Waals surface area contributed by atoms with Gasteiger partial charge in [-0.05, 0) is 18.1 Å². The highest BCUT2D eigenvalue weighted by atomic mass is 19.1. The van der Waals surface area contributed by atoms with E-state index in [1.807, 2.05) is 0 Å². The highest BCUT2D eigenvalue weighted by molar-refractivity contribution is 6.03. The van der Waals surface area contributed by atoms with Gasteiger partial charge in [0.25, 0.3) is 5.91 Å². The minimum Gasteiger partial charge on any atom is -0.468 e. The number of methoxy groups -OCH3 is 1. The third-order valence-corrected chi connectivity index (χ3v) is 3.90. The minimum atomic E-state index is -0.515. The van der Waals surface area contributed by atoms with E-state index in [1.54, 1.807) is 24.1 Å². The maximum atomic E-state index is 14.2. The van der Waals surface area contributed by atoms with Crippen LogP contribution in [-0.4, -0.2) is 42.0 Å². The molecule has 5 nitrogen and oxygen atoms in total. The predicted molar refractivity (Wildman–Crippen MR) is 74.6 cm³/mol. The second kappa shape index (κ2) is 4.87. The monoisotopic (exact) mass is 290 g/mol. The molecule has 6 heteroatoms. The Balaban J connectivity index is 2.32. The van der Waals surface area contributed by atoms with Gasteiger partial charge in [-0.2, -0.15) is 0 Å². The molecule has 1 aliphatic heterocycles. The van der Waals surface area contributed by atoms with Gasteiger partial charge >= 0.3 is 5.97 Å². The summed E-state index contributed by atoms with van der Waals surface area (Å²) < 4.78 is 20.3. The van der Waals surface area contributed by atoms with E-state index in [1.165, 1.54) is 17.7 Å². The van der Waals surface area contributed by atoms with Gasteiger partial charge in [-0.25, -0.2) is 4.39 Å². The molecule has 0 radical (unpaired) electrons. The number of fused-ring (bicyclic) bond motifs is 3. The molecule has 0 unspecified atom stereocenters. The van der Waals surface area contributed by atoms with E-state index in [-0.39, 0.29) is 18.0 Å². The molecule has 21 heavy (non-hydrogen) atoms. The van der Waals surface area contributed by atoms with Crippen molar-refractivity contribution in [2.75, 3.05) is 20.7 Å². The van der Waals surface area contributed by atoms with Gasteiger partial charge in [-0.3, -0.25) is 9.59 Å². The lowest BCUT2D eigenvalue weighted by Gasteiger charge is -2.24. The minimum absolute atomic E-state index is 0.178. The number of hydrogen-bond acceptors (Lipinski definition) is 3. The molecular weight excluding hydrogens is 275 g/mol. The molecule has 0 bridgehead atoms. The summed E-state index contributed by atoms with van der Waals surface area (Å²) in [4.78, 5) is 25.6. The molecule has 0 saturated carbocycles. The largest absolute Gasteiger partial charge is 0.468 e. The van der Waals surface area contributed by atoms with Crippen molar-refractivity contribution in [1.29, 1.82) is 0 Å². The lowest BCUT2D eigenvalue weighted by atomic mass is 10.0. The van der Waals surface area contributed by atoms with E-state index in [2.05, 4.69) is 4.74 Å². The van der Waals surface area contributed by atoms with Crippen LogP contribution < -0.4 is 0 Å². The number of benzene rings is 1. The first-order valence-electron chi connectivity index (χ1n) is 6.66. The van der Waals surface area contributed by atoms with Gasteiger partial charge < -0.3 is 14.2 Å². The molecule has 0 saturated heterocycles. The van der Waals surface area contributed by atoms with Crippen molar-refractivity contribution in [1.82, 2.24) is 9.47 Å². The van der Waals surface area contributed by atoms with Crippen LogP contribution in [0.15, 0.2) is 18.2 Å². The Bertz CT molecular complexity index is 751. The van der Waals surface area contributed by atoms with Crippen molar-refractivity contribution in [2.45, 2.75) is 13.0 Å². The third-order valence-electron chi connectivity index (χ3n) is 3.90. The van der Waals surface area contributed by atoms with Gasteiger partial charge in [0.1, 0.15) is 18.1 Å². The summed E-state index contributed by atoms with van der Waals surface area (Å²) in [6, 6.07) is 4.72. The zero-order valence-corrected chi connectivity index (χ0v) is 11.9. The van der Waals surface area contributed by atoms with Crippen LogP contribution in [0.4, 0.5) is 4.39 Å². The van der Waals surface area contributed by atoms with Crippen molar-refractivity contribution < 1.29 is 18.7 Å². The highest BCUT2D eigenvalue weighted by Gasteiger charge is 2.30. The van der Waals surface area contributed by atoms with E-state index in [0.717, 1.165) is 5.56 Å². The summed E-state index contributed by atoms with van der Waals surface area (Å²) in [7, 11) is 2.96. The summed E-state index contributed by atoms with van der Waals surface area (Å²) in [5.41, 5.74) is 1.47. The molecule has 0 aliphatic carbocycles. The molecule has 0 atom stereocenters. The van der Waals surface area contributed by atoms with E-state index in [0.29, 0.717) is 24.0 Å². The molecule has 0 spiro atoms. The number of hydrogen-bond donors (Lipinski definition) is 0. The number of rotatable bonds is 2. The van der Waals surface area contributed by atoms with Gasteiger partial charge in [0.2, 0.25) is 0 Å². The molecule has 110 valence electrons. The number of halogens is 1. The molecule has 2 aromatic rings. The fourth-order valence-electron chi connectivity index (χ4n) is 2.85. The fourth-order valence-corrected chi connectivity index (χ4v) is 2.85. The summed E-state index contributed by atoms with van der Waals surface area (Å²) in [6.45, 7) is 0.405. The van der Waals surface area contributed by atoms with Gasteiger partial charge in [-0.15, -0.1) is 0 Å². The number of para-hydroxylation sites is 1. The third kappa shape index (κ3) is 1.98. The number of esters is 1. The molecule has 2 heterocycles. The molecule has 0 fully saturated rings. The number of carbonyl (C=O) groups is 2. The molecular formula is C15H15FN2O3. The first kappa shape index (κ1) is 13.6. The Morgan fingerprint density at radius 1 is 1.43 bits per heavy atom. The van der Waals surface area contributed by atoms with Crippen LogP contribution in [0.5, 0.6) is 0 Å². The van der Waals surface area contributed by atoms with Crippen LogP contribution in [0, 0.1) is 5.82 Å². The first-order valence-corrected chi connectivity index (χ1v) is 6.66. The topological polar surface area (TPSA) is 51.5 Å². The van der Waals surface area contributed by atoms with Crippen LogP contribution in [-0.2, 0) is 22.5 Å². The van der Waals surface area contributed by atoms with Crippen molar-refractivity contribution in [3.63, 3.8) is 0 Å². The summed E-state index contributed by atoms with van der Waals surface area (Å²) in [6.07, 6.45) is 0.645. The van der Waals surface area contributed by atoms with Gasteiger partial charge in [-0.1, -0.05) is 12.1 Å². The zero-order valence-electron chi connectivity index (χ0n) is 11.9. The fraction of sp³-hybridized carbons (Fsp3) is 0.333. The van der Waals surface area contributed by atoms with Crippen molar-refractivity contribution in [2.24, 2.45) is 0 Å². The summed E-state index contributed by atoms with van der Waals surface area (Å²) >= 11 is 0. The number of aromatic nitrogens is 1. The van der Waals surface area contributed by atoms with Crippen molar-refractivity contribution in [3.05, 3.63) is 35.3 Å². The lowest BCUT2D eigenvalue weighted by molar-refractivity contribution is -0.141. The summed E-state index contributed by atoms with van der Waals surface area (Å²) in [5, 5.41) is 0.690. The van der Waals surface area contributed by atoms with Gasteiger partial charge in [0.05, 0.1) is 12.6 Å². The second-order valence-corrected chi connectivity index (χ2v) is 5.10.